The molecule has 1 saturated heterocycles. The quantitative estimate of drug-likeness (QED) is 0.906. The minimum absolute atomic E-state index is 0.236. The molecule has 1 heterocycles. The van der Waals surface area contributed by atoms with Gasteiger partial charge >= 0.3 is 0 Å². The Hall–Kier alpha value is -1.35. The first-order valence-corrected chi connectivity index (χ1v) is 7.18. The molecule has 3 nitrogen and oxygen atoms in total. The van der Waals surface area contributed by atoms with Crippen LogP contribution in [0.5, 0.6) is 0 Å². The van der Waals surface area contributed by atoms with Crippen molar-refractivity contribution in [3.8, 4) is 0 Å². The monoisotopic (exact) mass is 260 g/mol. The molecule has 3 heteroatoms. The fourth-order valence-electron chi connectivity index (χ4n) is 2.83. The van der Waals surface area contributed by atoms with Crippen molar-refractivity contribution in [2.45, 2.75) is 45.7 Å². The van der Waals surface area contributed by atoms with Crippen molar-refractivity contribution in [1.29, 1.82) is 0 Å². The number of rotatable bonds is 3. The van der Waals surface area contributed by atoms with Gasteiger partial charge in [0.15, 0.2) is 0 Å². The summed E-state index contributed by atoms with van der Waals surface area (Å²) in [4.78, 5) is 14.5. The Morgan fingerprint density at radius 2 is 1.95 bits per heavy atom. The maximum absolute atomic E-state index is 12.5. The Labute approximate surface area is 115 Å². The van der Waals surface area contributed by atoms with Crippen molar-refractivity contribution in [3.63, 3.8) is 0 Å². The Morgan fingerprint density at radius 1 is 1.26 bits per heavy atom. The predicted octanol–water partition coefficient (Wildman–Crippen LogP) is 2.33. The SMILES string of the molecule is CC1CCC(C)N(C(=O)Cc2ccccc2CN)C1. The largest absolute Gasteiger partial charge is 0.339 e. The molecular formula is C16H24N2O. The first-order valence-electron chi connectivity index (χ1n) is 7.18. The lowest BCUT2D eigenvalue weighted by atomic mass is 9.94. The van der Waals surface area contributed by atoms with Gasteiger partial charge in [-0.25, -0.2) is 0 Å². The average molecular weight is 260 g/mol. The molecular weight excluding hydrogens is 236 g/mol. The van der Waals surface area contributed by atoms with Crippen LogP contribution in [0.4, 0.5) is 0 Å². The van der Waals surface area contributed by atoms with Crippen LogP contribution in [0.2, 0.25) is 0 Å². The summed E-state index contributed by atoms with van der Waals surface area (Å²) in [6.07, 6.45) is 2.82. The van der Waals surface area contributed by atoms with Gasteiger partial charge < -0.3 is 10.6 Å². The second kappa shape index (κ2) is 6.20. The van der Waals surface area contributed by atoms with Gasteiger partial charge in [-0.15, -0.1) is 0 Å². The van der Waals surface area contributed by atoms with Crippen LogP contribution in [-0.2, 0) is 17.8 Å². The number of likely N-dealkylation sites (tertiary alicyclic amines) is 1. The number of piperidine rings is 1. The molecule has 0 saturated carbocycles. The smallest absolute Gasteiger partial charge is 0.227 e. The van der Waals surface area contributed by atoms with Gasteiger partial charge in [0.05, 0.1) is 6.42 Å². The van der Waals surface area contributed by atoms with Crippen LogP contribution in [-0.4, -0.2) is 23.4 Å². The van der Waals surface area contributed by atoms with E-state index >= 15 is 0 Å². The van der Waals surface area contributed by atoms with Gasteiger partial charge in [0.1, 0.15) is 0 Å². The zero-order valence-electron chi connectivity index (χ0n) is 11.9. The summed E-state index contributed by atoms with van der Waals surface area (Å²) in [7, 11) is 0. The predicted molar refractivity (Wildman–Crippen MR) is 77.6 cm³/mol. The van der Waals surface area contributed by atoms with Gasteiger partial charge in [-0.3, -0.25) is 4.79 Å². The summed E-state index contributed by atoms with van der Waals surface area (Å²) >= 11 is 0. The number of carbonyl (C=O) groups is 1. The van der Waals surface area contributed by atoms with E-state index in [9.17, 15) is 4.79 Å². The van der Waals surface area contributed by atoms with E-state index < -0.39 is 0 Å². The summed E-state index contributed by atoms with van der Waals surface area (Å²) in [5.41, 5.74) is 7.88. The van der Waals surface area contributed by atoms with Crippen molar-refractivity contribution < 1.29 is 4.79 Å². The average Bonchev–Trinajstić information content (AvgIpc) is 2.42. The van der Waals surface area contributed by atoms with Gasteiger partial charge in [-0.2, -0.15) is 0 Å². The van der Waals surface area contributed by atoms with E-state index in [0.717, 1.165) is 24.1 Å². The standard InChI is InChI=1S/C16H24N2O/c1-12-7-8-13(2)18(11-12)16(19)9-14-5-3-4-6-15(14)10-17/h3-6,12-13H,7-11,17H2,1-2H3. The van der Waals surface area contributed by atoms with E-state index in [1.165, 1.54) is 6.42 Å². The number of nitrogens with zero attached hydrogens (tertiary/aromatic N) is 1. The molecule has 0 aliphatic carbocycles. The zero-order valence-corrected chi connectivity index (χ0v) is 11.9. The van der Waals surface area contributed by atoms with Crippen LogP contribution in [0.25, 0.3) is 0 Å². The second-order valence-electron chi connectivity index (χ2n) is 5.73. The molecule has 1 aliphatic rings. The molecule has 2 atom stereocenters. The second-order valence-corrected chi connectivity index (χ2v) is 5.73. The molecule has 0 aromatic heterocycles. The maximum atomic E-state index is 12.5. The summed E-state index contributed by atoms with van der Waals surface area (Å²) in [6.45, 7) is 5.76. The molecule has 2 rings (SSSR count). The molecule has 104 valence electrons. The fourth-order valence-corrected chi connectivity index (χ4v) is 2.83. The minimum atomic E-state index is 0.236. The molecule has 19 heavy (non-hydrogen) atoms. The highest BCUT2D eigenvalue weighted by atomic mass is 16.2. The first-order chi connectivity index (χ1) is 9.11. The highest BCUT2D eigenvalue weighted by Crippen LogP contribution is 2.22. The van der Waals surface area contributed by atoms with Crippen molar-refractivity contribution in [2.24, 2.45) is 11.7 Å². The lowest BCUT2D eigenvalue weighted by Crippen LogP contribution is -2.45. The van der Waals surface area contributed by atoms with E-state index in [-0.39, 0.29) is 5.91 Å². The molecule has 1 aromatic rings. The van der Waals surface area contributed by atoms with Gasteiger partial charge in [0.2, 0.25) is 5.91 Å². The van der Waals surface area contributed by atoms with Crippen molar-refractivity contribution in [3.05, 3.63) is 35.4 Å². The van der Waals surface area contributed by atoms with Gasteiger partial charge in [-0.05, 0) is 36.8 Å². The number of benzene rings is 1. The lowest BCUT2D eigenvalue weighted by molar-refractivity contribution is -0.134. The molecule has 2 unspecified atom stereocenters. The number of carbonyl (C=O) groups excluding carboxylic acids is 1. The van der Waals surface area contributed by atoms with Crippen LogP contribution in [0.1, 0.15) is 37.8 Å². The molecule has 1 fully saturated rings. The van der Waals surface area contributed by atoms with Gasteiger partial charge in [0.25, 0.3) is 0 Å². The van der Waals surface area contributed by atoms with Crippen molar-refractivity contribution in [2.75, 3.05) is 6.54 Å². The van der Waals surface area contributed by atoms with E-state index in [1.54, 1.807) is 0 Å². The van der Waals surface area contributed by atoms with E-state index in [4.69, 9.17) is 5.73 Å². The highest BCUT2D eigenvalue weighted by molar-refractivity contribution is 5.79. The first kappa shape index (κ1) is 14.1. The Kier molecular flexibility index (Phi) is 4.59. The topological polar surface area (TPSA) is 46.3 Å². The normalized spacial score (nSPS) is 23.4. The van der Waals surface area contributed by atoms with Crippen LogP contribution in [0.15, 0.2) is 24.3 Å². The molecule has 2 N–H and O–H groups in total. The fraction of sp³-hybridized carbons (Fsp3) is 0.562. The van der Waals surface area contributed by atoms with Gasteiger partial charge in [0, 0.05) is 19.1 Å². The molecule has 1 amide bonds. The number of hydrogen-bond acceptors (Lipinski definition) is 2. The van der Waals surface area contributed by atoms with E-state index in [0.29, 0.717) is 24.9 Å². The molecule has 0 bridgehead atoms. The summed E-state index contributed by atoms with van der Waals surface area (Å²) < 4.78 is 0. The summed E-state index contributed by atoms with van der Waals surface area (Å²) in [5.74, 6) is 0.852. The third-order valence-corrected chi connectivity index (χ3v) is 4.12. The molecule has 1 aromatic carbocycles. The minimum Gasteiger partial charge on any atom is -0.339 e. The molecule has 0 spiro atoms. The van der Waals surface area contributed by atoms with Crippen LogP contribution >= 0.6 is 0 Å². The van der Waals surface area contributed by atoms with Crippen LogP contribution < -0.4 is 5.73 Å². The Morgan fingerprint density at radius 3 is 2.63 bits per heavy atom. The van der Waals surface area contributed by atoms with Gasteiger partial charge in [-0.1, -0.05) is 31.2 Å². The zero-order chi connectivity index (χ0) is 13.8. The summed E-state index contributed by atoms with van der Waals surface area (Å²) in [6, 6.07) is 8.34. The highest BCUT2D eigenvalue weighted by Gasteiger charge is 2.26. The number of amides is 1. The van der Waals surface area contributed by atoms with Crippen LogP contribution in [0.3, 0.4) is 0 Å². The third kappa shape index (κ3) is 3.35. The third-order valence-electron chi connectivity index (χ3n) is 4.12. The number of hydrogen-bond donors (Lipinski definition) is 1. The maximum Gasteiger partial charge on any atom is 0.227 e. The Bertz CT molecular complexity index is 444. The van der Waals surface area contributed by atoms with E-state index in [2.05, 4.69) is 13.8 Å². The summed E-state index contributed by atoms with van der Waals surface area (Å²) in [5, 5.41) is 0. The molecule has 0 radical (unpaired) electrons. The Balaban J connectivity index is 2.07. The number of nitrogens with two attached hydrogens (primary N) is 1. The van der Waals surface area contributed by atoms with Crippen molar-refractivity contribution in [1.82, 2.24) is 4.90 Å². The van der Waals surface area contributed by atoms with Crippen molar-refractivity contribution >= 4 is 5.91 Å². The van der Waals surface area contributed by atoms with E-state index in [1.807, 2.05) is 29.2 Å². The lowest BCUT2D eigenvalue weighted by Gasteiger charge is -2.37. The van der Waals surface area contributed by atoms with Crippen LogP contribution in [0, 0.1) is 5.92 Å². The molecule has 1 aliphatic heterocycles.